The van der Waals surface area contributed by atoms with Gasteiger partial charge in [-0.25, -0.2) is 4.98 Å². The van der Waals surface area contributed by atoms with Crippen LogP contribution >= 0.6 is 11.3 Å². The number of benzene rings is 2. The maximum atomic E-state index is 4.54. The molecular formula is C18H18N4S. The van der Waals surface area contributed by atoms with E-state index in [1.807, 2.05) is 49.8 Å². The van der Waals surface area contributed by atoms with Crippen LogP contribution in [0.2, 0.25) is 0 Å². The number of rotatable bonds is 5. The van der Waals surface area contributed by atoms with Gasteiger partial charge in [-0.3, -0.25) is 5.43 Å². The molecule has 4 nitrogen and oxygen atoms in total. The zero-order valence-electron chi connectivity index (χ0n) is 13.1. The van der Waals surface area contributed by atoms with Crippen molar-refractivity contribution in [3.05, 3.63) is 65.5 Å². The quantitative estimate of drug-likeness (QED) is 0.562. The predicted molar refractivity (Wildman–Crippen MR) is 99.5 cm³/mol. The summed E-state index contributed by atoms with van der Waals surface area (Å²) in [5, 5.41) is 7.06. The van der Waals surface area contributed by atoms with Gasteiger partial charge in [-0.1, -0.05) is 42.5 Å². The lowest BCUT2D eigenvalue weighted by Gasteiger charge is -2.11. The van der Waals surface area contributed by atoms with Gasteiger partial charge in [0.05, 0.1) is 11.9 Å². The normalized spacial score (nSPS) is 10.9. The zero-order chi connectivity index (χ0) is 16.1. The summed E-state index contributed by atoms with van der Waals surface area (Å²) >= 11 is 1.54. The SMILES string of the molecule is CN(C)c1ccc(/C=N/Nc2nc(-c3ccccc3)cs2)cc1. The van der Waals surface area contributed by atoms with Gasteiger partial charge in [-0.2, -0.15) is 5.10 Å². The van der Waals surface area contributed by atoms with Crippen molar-refractivity contribution in [2.24, 2.45) is 5.10 Å². The number of hydrazone groups is 1. The Hall–Kier alpha value is -2.66. The molecule has 0 fully saturated rings. The lowest BCUT2D eigenvalue weighted by molar-refractivity contribution is 1.13. The minimum atomic E-state index is 0.782. The molecule has 0 bridgehead atoms. The molecule has 1 heterocycles. The molecule has 5 heteroatoms. The van der Waals surface area contributed by atoms with Gasteiger partial charge in [-0.05, 0) is 17.7 Å². The standard InChI is InChI=1S/C18H18N4S/c1-22(2)16-10-8-14(9-11-16)12-19-21-18-20-17(13-23-18)15-6-4-3-5-7-15/h3-13H,1-2H3,(H,20,21)/b19-12+. The van der Waals surface area contributed by atoms with Gasteiger partial charge >= 0.3 is 0 Å². The van der Waals surface area contributed by atoms with Crippen LogP contribution < -0.4 is 10.3 Å². The monoisotopic (exact) mass is 322 g/mol. The summed E-state index contributed by atoms with van der Waals surface area (Å²) in [5.74, 6) is 0. The molecule has 1 aromatic heterocycles. The van der Waals surface area contributed by atoms with Crippen LogP contribution in [0.3, 0.4) is 0 Å². The Labute approximate surface area is 140 Å². The van der Waals surface area contributed by atoms with E-state index >= 15 is 0 Å². The first-order valence-electron chi connectivity index (χ1n) is 7.30. The molecule has 0 unspecified atom stereocenters. The number of nitrogens with zero attached hydrogens (tertiary/aromatic N) is 3. The van der Waals surface area contributed by atoms with Crippen LogP contribution in [-0.4, -0.2) is 25.3 Å². The summed E-state index contributed by atoms with van der Waals surface area (Å²) in [7, 11) is 4.05. The Morgan fingerprint density at radius 3 is 2.48 bits per heavy atom. The fraction of sp³-hybridized carbons (Fsp3) is 0.111. The largest absolute Gasteiger partial charge is 0.378 e. The van der Waals surface area contributed by atoms with Crippen LogP contribution in [0.5, 0.6) is 0 Å². The molecule has 0 spiro atoms. The molecule has 1 N–H and O–H groups in total. The minimum Gasteiger partial charge on any atom is -0.378 e. The van der Waals surface area contributed by atoms with Crippen molar-refractivity contribution in [3.8, 4) is 11.3 Å². The highest BCUT2D eigenvalue weighted by Crippen LogP contribution is 2.24. The molecule has 0 aliphatic carbocycles. The summed E-state index contributed by atoms with van der Waals surface area (Å²) < 4.78 is 0. The zero-order valence-corrected chi connectivity index (χ0v) is 13.9. The van der Waals surface area contributed by atoms with E-state index in [1.54, 1.807) is 17.6 Å². The third-order valence-corrected chi connectivity index (χ3v) is 4.10. The predicted octanol–water partition coefficient (Wildman–Crippen LogP) is 4.32. The fourth-order valence-electron chi connectivity index (χ4n) is 2.09. The van der Waals surface area contributed by atoms with Crippen molar-refractivity contribution in [1.82, 2.24) is 4.98 Å². The highest BCUT2D eigenvalue weighted by atomic mass is 32.1. The summed E-state index contributed by atoms with van der Waals surface area (Å²) in [6.07, 6.45) is 1.79. The highest BCUT2D eigenvalue weighted by Gasteiger charge is 2.02. The molecule has 0 amide bonds. The smallest absolute Gasteiger partial charge is 0.203 e. The van der Waals surface area contributed by atoms with Gasteiger partial charge in [0.2, 0.25) is 5.13 Å². The second kappa shape index (κ2) is 7.07. The number of aromatic nitrogens is 1. The molecule has 2 aromatic carbocycles. The van der Waals surface area contributed by atoms with Crippen molar-refractivity contribution in [2.45, 2.75) is 0 Å². The van der Waals surface area contributed by atoms with Crippen LogP contribution in [0.15, 0.2) is 65.1 Å². The van der Waals surface area contributed by atoms with Gasteiger partial charge < -0.3 is 4.90 Å². The lowest BCUT2D eigenvalue weighted by atomic mass is 10.2. The average Bonchev–Trinajstić information content (AvgIpc) is 3.05. The topological polar surface area (TPSA) is 40.5 Å². The van der Waals surface area contributed by atoms with Gasteiger partial charge in [0.15, 0.2) is 0 Å². The molecule has 0 aliphatic rings. The molecule has 0 atom stereocenters. The van der Waals surface area contributed by atoms with Gasteiger partial charge in [0, 0.05) is 30.7 Å². The summed E-state index contributed by atoms with van der Waals surface area (Å²) in [6, 6.07) is 18.3. The van der Waals surface area contributed by atoms with E-state index < -0.39 is 0 Å². The van der Waals surface area contributed by atoms with E-state index in [0.717, 1.165) is 22.0 Å². The van der Waals surface area contributed by atoms with E-state index in [9.17, 15) is 0 Å². The van der Waals surface area contributed by atoms with Gasteiger partial charge in [-0.15, -0.1) is 11.3 Å². The van der Waals surface area contributed by atoms with E-state index in [0.29, 0.717) is 0 Å². The molecule has 0 aliphatic heterocycles. The summed E-state index contributed by atoms with van der Waals surface area (Å²) in [5.41, 5.74) is 7.27. The summed E-state index contributed by atoms with van der Waals surface area (Å²) in [4.78, 5) is 6.61. The van der Waals surface area contributed by atoms with Crippen LogP contribution in [0, 0.1) is 0 Å². The Kier molecular flexibility index (Phi) is 4.68. The second-order valence-corrected chi connectivity index (χ2v) is 6.12. The Bertz CT molecular complexity index is 776. The Morgan fingerprint density at radius 2 is 1.78 bits per heavy atom. The third kappa shape index (κ3) is 3.96. The first-order valence-corrected chi connectivity index (χ1v) is 8.18. The molecule has 23 heavy (non-hydrogen) atoms. The van der Waals surface area contributed by atoms with E-state index in [1.165, 1.54) is 5.69 Å². The number of hydrogen-bond donors (Lipinski definition) is 1. The first kappa shape index (κ1) is 15.2. The molecule has 0 radical (unpaired) electrons. The Balaban J connectivity index is 1.63. The first-order chi connectivity index (χ1) is 11.2. The van der Waals surface area contributed by atoms with E-state index in [2.05, 4.69) is 44.7 Å². The highest BCUT2D eigenvalue weighted by molar-refractivity contribution is 7.14. The third-order valence-electron chi connectivity index (χ3n) is 3.36. The summed E-state index contributed by atoms with van der Waals surface area (Å²) in [6.45, 7) is 0. The van der Waals surface area contributed by atoms with Crippen molar-refractivity contribution in [2.75, 3.05) is 24.4 Å². The number of anilines is 2. The van der Waals surface area contributed by atoms with Crippen LogP contribution in [0.25, 0.3) is 11.3 Å². The fourth-order valence-corrected chi connectivity index (χ4v) is 2.76. The van der Waals surface area contributed by atoms with E-state index in [4.69, 9.17) is 0 Å². The van der Waals surface area contributed by atoms with Crippen molar-refractivity contribution >= 4 is 28.4 Å². The average molecular weight is 322 g/mol. The number of hydrogen-bond acceptors (Lipinski definition) is 5. The Morgan fingerprint density at radius 1 is 1.04 bits per heavy atom. The number of thiazole rings is 1. The van der Waals surface area contributed by atoms with Crippen molar-refractivity contribution < 1.29 is 0 Å². The molecular weight excluding hydrogens is 304 g/mol. The lowest BCUT2D eigenvalue weighted by Crippen LogP contribution is -2.08. The number of nitrogens with one attached hydrogen (secondary N) is 1. The maximum absolute atomic E-state index is 4.54. The molecule has 0 saturated carbocycles. The second-order valence-electron chi connectivity index (χ2n) is 5.26. The van der Waals surface area contributed by atoms with Crippen LogP contribution in [0.1, 0.15) is 5.56 Å². The van der Waals surface area contributed by atoms with Gasteiger partial charge in [0.1, 0.15) is 0 Å². The maximum Gasteiger partial charge on any atom is 0.203 e. The molecule has 0 saturated heterocycles. The van der Waals surface area contributed by atoms with Crippen LogP contribution in [-0.2, 0) is 0 Å². The van der Waals surface area contributed by atoms with Crippen molar-refractivity contribution in [3.63, 3.8) is 0 Å². The van der Waals surface area contributed by atoms with Gasteiger partial charge in [0.25, 0.3) is 0 Å². The van der Waals surface area contributed by atoms with E-state index in [-0.39, 0.29) is 0 Å². The van der Waals surface area contributed by atoms with Crippen LogP contribution in [0.4, 0.5) is 10.8 Å². The molecule has 3 rings (SSSR count). The van der Waals surface area contributed by atoms with Crippen molar-refractivity contribution in [1.29, 1.82) is 0 Å². The molecule has 3 aromatic rings. The molecule has 116 valence electrons. The minimum absolute atomic E-state index is 0.782.